The van der Waals surface area contributed by atoms with E-state index in [0.29, 0.717) is 17.1 Å². The molecule has 1 atom stereocenters. The minimum atomic E-state index is -3.79. The van der Waals surface area contributed by atoms with E-state index in [2.05, 4.69) is 10.0 Å². The van der Waals surface area contributed by atoms with Crippen LogP contribution in [0.3, 0.4) is 0 Å². The largest absolute Gasteiger partial charge is 0.495 e. The molecule has 0 aliphatic carbocycles. The van der Waals surface area contributed by atoms with Crippen molar-refractivity contribution in [2.45, 2.75) is 22.0 Å². The summed E-state index contributed by atoms with van der Waals surface area (Å²) in [5.74, 6) is 0.265. The van der Waals surface area contributed by atoms with Crippen molar-refractivity contribution in [2.24, 2.45) is 0 Å². The van der Waals surface area contributed by atoms with Gasteiger partial charge in [-0.3, -0.25) is 9.52 Å². The number of benzene rings is 3. The third-order valence-electron chi connectivity index (χ3n) is 4.21. The average molecular weight is 443 g/mol. The molecule has 0 fully saturated rings. The van der Waals surface area contributed by atoms with Crippen LogP contribution in [0.25, 0.3) is 0 Å². The maximum Gasteiger partial charge on any atom is 0.262 e. The van der Waals surface area contributed by atoms with Crippen molar-refractivity contribution in [2.75, 3.05) is 17.1 Å². The summed E-state index contributed by atoms with van der Waals surface area (Å²) in [5, 5.41) is 2.51. The second-order valence-corrected chi connectivity index (χ2v) is 9.49. The van der Waals surface area contributed by atoms with Gasteiger partial charge in [-0.2, -0.15) is 0 Å². The Morgan fingerprint density at radius 1 is 0.933 bits per heavy atom. The van der Waals surface area contributed by atoms with Gasteiger partial charge in [-0.05, 0) is 55.5 Å². The van der Waals surface area contributed by atoms with Crippen LogP contribution in [-0.2, 0) is 14.8 Å². The molecule has 0 unspecified atom stereocenters. The van der Waals surface area contributed by atoms with E-state index in [1.54, 1.807) is 36.4 Å². The number of ether oxygens (including phenoxy) is 1. The van der Waals surface area contributed by atoms with E-state index in [9.17, 15) is 13.2 Å². The second kappa shape index (κ2) is 9.69. The first-order valence-corrected chi connectivity index (χ1v) is 11.5. The molecule has 0 saturated heterocycles. The lowest BCUT2D eigenvalue weighted by molar-refractivity contribution is -0.115. The van der Waals surface area contributed by atoms with Crippen LogP contribution in [0.2, 0.25) is 0 Å². The first-order valence-electron chi connectivity index (χ1n) is 9.17. The van der Waals surface area contributed by atoms with E-state index in [1.807, 2.05) is 37.3 Å². The molecule has 3 aromatic rings. The van der Waals surface area contributed by atoms with E-state index in [4.69, 9.17) is 4.74 Å². The zero-order valence-corrected chi connectivity index (χ0v) is 18.2. The molecule has 0 spiro atoms. The number of sulfonamides is 1. The Hall–Kier alpha value is -2.97. The number of para-hydroxylation sites is 2. The molecule has 156 valence electrons. The molecule has 0 radical (unpaired) electrons. The number of rotatable bonds is 8. The van der Waals surface area contributed by atoms with Gasteiger partial charge < -0.3 is 10.1 Å². The smallest absolute Gasteiger partial charge is 0.262 e. The third-order valence-corrected chi connectivity index (χ3v) is 6.70. The van der Waals surface area contributed by atoms with Crippen molar-refractivity contribution in [1.29, 1.82) is 0 Å². The Balaban J connectivity index is 1.66. The molecule has 8 heteroatoms. The summed E-state index contributed by atoms with van der Waals surface area (Å²) in [6.07, 6.45) is 0. The van der Waals surface area contributed by atoms with Gasteiger partial charge in [-0.25, -0.2) is 8.42 Å². The molecule has 6 nitrogen and oxygen atoms in total. The Morgan fingerprint density at radius 3 is 2.23 bits per heavy atom. The number of amides is 1. The predicted molar refractivity (Wildman–Crippen MR) is 121 cm³/mol. The highest BCUT2D eigenvalue weighted by Gasteiger charge is 2.18. The fraction of sp³-hybridized carbons (Fsp3) is 0.136. The minimum absolute atomic E-state index is 0.0816. The number of thioether (sulfide) groups is 1. The van der Waals surface area contributed by atoms with Gasteiger partial charge in [0.15, 0.2) is 0 Å². The standard InChI is InChI=1S/C22H22N2O4S2/c1-16(29-18-8-4-3-5-9-18)22(25)23-17-12-14-19(15-13-17)30(26,27)24-20-10-6-7-11-21(20)28-2/h3-16,24H,1-2H3,(H,23,25)/t16-/m0/s1. The molecule has 0 aliphatic rings. The average Bonchev–Trinajstić information content (AvgIpc) is 2.75. The van der Waals surface area contributed by atoms with Gasteiger partial charge in [-0.15, -0.1) is 11.8 Å². The molecule has 0 saturated carbocycles. The highest BCUT2D eigenvalue weighted by molar-refractivity contribution is 8.00. The van der Waals surface area contributed by atoms with Crippen molar-refractivity contribution < 1.29 is 17.9 Å². The van der Waals surface area contributed by atoms with Gasteiger partial charge in [0, 0.05) is 10.6 Å². The number of carbonyl (C=O) groups is 1. The fourth-order valence-electron chi connectivity index (χ4n) is 2.65. The Morgan fingerprint density at radius 2 is 1.57 bits per heavy atom. The SMILES string of the molecule is COc1ccccc1NS(=O)(=O)c1ccc(NC(=O)[C@H](C)Sc2ccccc2)cc1. The molecule has 3 aromatic carbocycles. The summed E-state index contributed by atoms with van der Waals surface area (Å²) in [6.45, 7) is 1.82. The van der Waals surface area contributed by atoms with Crippen LogP contribution in [0, 0.1) is 0 Å². The number of methoxy groups -OCH3 is 1. The lowest BCUT2D eigenvalue weighted by atomic mass is 10.3. The van der Waals surface area contributed by atoms with Crippen LogP contribution >= 0.6 is 11.8 Å². The van der Waals surface area contributed by atoms with Crippen LogP contribution in [0.4, 0.5) is 11.4 Å². The number of hydrogen-bond donors (Lipinski definition) is 2. The third kappa shape index (κ3) is 5.55. The van der Waals surface area contributed by atoms with Gasteiger partial charge in [-0.1, -0.05) is 30.3 Å². The first-order chi connectivity index (χ1) is 14.4. The first kappa shape index (κ1) is 21.7. The number of hydrogen-bond acceptors (Lipinski definition) is 5. The number of carbonyl (C=O) groups excluding carboxylic acids is 1. The van der Waals surface area contributed by atoms with Crippen LogP contribution in [-0.4, -0.2) is 26.7 Å². The lowest BCUT2D eigenvalue weighted by Crippen LogP contribution is -2.22. The molecule has 3 rings (SSSR count). The zero-order valence-electron chi connectivity index (χ0n) is 16.5. The van der Waals surface area contributed by atoms with Crippen molar-refractivity contribution in [1.82, 2.24) is 0 Å². The molecule has 1 amide bonds. The summed E-state index contributed by atoms with van der Waals surface area (Å²) in [7, 11) is -2.32. The summed E-state index contributed by atoms with van der Waals surface area (Å²) >= 11 is 1.45. The molecule has 0 aromatic heterocycles. The Kier molecular flexibility index (Phi) is 7.02. The molecule has 2 N–H and O–H groups in total. The monoisotopic (exact) mass is 442 g/mol. The van der Waals surface area contributed by atoms with Crippen molar-refractivity contribution in [3.05, 3.63) is 78.9 Å². The van der Waals surface area contributed by atoms with E-state index in [1.165, 1.54) is 31.0 Å². The highest BCUT2D eigenvalue weighted by atomic mass is 32.2. The lowest BCUT2D eigenvalue weighted by Gasteiger charge is -2.13. The van der Waals surface area contributed by atoms with Gasteiger partial charge in [0.05, 0.1) is 22.9 Å². The van der Waals surface area contributed by atoms with E-state index >= 15 is 0 Å². The molecular weight excluding hydrogens is 420 g/mol. The zero-order chi connectivity index (χ0) is 21.6. The summed E-state index contributed by atoms with van der Waals surface area (Å²) < 4.78 is 33.0. The van der Waals surface area contributed by atoms with Crippen LogP contribution in [0.5, 0.6) is 5.75 Å². The molecular formula is C22H22N2O4S2. The second-order valence-electron chi connectivity index (χ2n) is 6.39. The quantitative estimate of drug-likeness (QED) is 0.498. The van der Waals surface area contributed by atoms with E-state index in [-0.39, 0.29) is 16.1 Å². The van der Waals surface area contributed by atoms with Gasteiger partial charge >= 0.3 is 0 Å². The summed E-state index contributed by atoms with van der Waals surface area (Å²) in [5.41, 5.74) is 0.876. The predicted octanol–water partition coefficient (Wildman–Crippen LogP) is 4.62. The summed E-state index contributed by atoms with van der Waals surface area (Å²) in [6, 6.07) is 22.4. The van der Waals surface area contributed by atoms with Crippen molar-refractivity contribution >= 4 is 39.1 Å². The van der Waals surface area contributed by atoms with E-state index < -0.39 is 10.0 Å². The maximum atomic E-state index is 12.7. The maximum absolute atomic E-state index is 12.7. The van der Waals surface area contributed by atoms with Crippen LogP contribution < -0.4 is 14.8 Å². The molecule has 0 aliphatic heterocycles. The van der Waals surface area contributed by atoms with Crippen LogP contribution in [0.15, 0.2) is 88.7 Å². The van der Waals surface area contributed by atoms with Crippen molar-refractivity contribution in [3.63, 3.8) is 0 Å². The van der Waals surface area contributed by atoms with E-state index in [0.717, 1.165) is 4.90 Å². The Labute approximate surface area is 180 Å². The number of anilines is 2. The highest BCUT2D eigenvalue weighted by Crippen LogP contribution is 2.27. The molecule has 0 heterocycles. The minimum Gasteiger partial charge on any atom is -0.495 e. The molecule has 0 bridgehead atoms. The van der Waals surface area contributed by atoms with Crippen molar-refractivity contribution in [3.8, 4) is 5.75 Å². The fourth-order valence-corrected chi connectivity index (χ4v) is 4.61. The van der Waals surface area contributed by atoms with Gasteiger partial charge in [0.2, 0.25) is 5.91 Å². The number of nitrogens with one attached hydrogen (secondary N) is 2. The topological polar surface area (TPSA) is 84.5 Å². The molecule has 30 heavy (non-hydrogen) atoms. The van der Waals surface area contributed by atoms with Gasteiger partial charge in [0.1, 0.15) is 5.75 Å². The Bertz CT molecular complexity index is 1100. The van der Waals surface area contributed by atoms with Crippen LogP contribution in [0.1, 0.15) is 6.92 Å². The van der Waals surface area contributed by atoms with Gasteiger partial charge in [0.25, 0.3) is 10.0 Å². The summed E-state index contributed by atoms with van der Waals surface area (Å²) in [4.78, 5) is 13.5. The normalized spacial score (nSPS) is 12.1.